The van der Waals surface area contributed by atoms with Crippen LogP contribution in [0.15, 0.2) is 60.8 Å². The summed E-state index contributed by atoms with van der Waals surface area (Å²) in [5, 5.41) is 8.79. The van der Waals surface area contributed by atoms with Crippen LogP contribution in [-0.4, -0.2) is 23.1 Å². The maximum absolute atomic E-state index is 12.5. The minimum absolute atomic E-state index is 0.0903. The highest BCUT2D eigenvalue weighted by Crippen LogP contribution is 2.14. The van der Waals surface area contributed by atoms with Gasteiger partial charge in [0.2, 0.25) is 0 Å². The number of rotatable bonds is 29. The molecular weight excluding hydrogens is 508 g/mol. The quantitative estimate of drug-likeness (QED) is 0.0552. The molecule has 0 aliphatic heterocycles. The molecule has 1 atom stereocenters. The van der Waals surface area contributed by atoms with Gasteiger partial charge in [-0.25, -0.2) is 0 Å². The van der Waals surface area contributed by atoms with Crippen LogP contribution in [-0.2, 0) is 14.3 Å². The fourth-order valence-electron chi connectivity index (χ4n) is 4.49. The van der Waals surface area contributed by atoms with E-state index in [1.54, 1.807) is 0 Å². The van der Waals surface area contributed by atoms with Crippen LogP contribution < -0.4 is 0 Å². The van der Waals surface area contributed by atoms with Crippen molar-refractivity contribution < 1.29 is 19.4 Å². The van der Waals surface area contributed by atoms with Crippen molar-refractivity contribution in [1.29, 1.82) is 0 Å². The fraction of sp³-hybridized carbons (Fsp3) is 0.676. The van der Waals surface area contributed by atoms with E-state index in [9.17, 15) is 9.59 Å². The molecule has 4 nitrogen and oxygen atoms in total. The molecule has 0 saturated heterocycles. The smallest absolute Gasteiger partial charge is 0.306 e. The first-order valence-electron chi connectivity index (χ1n) is 16.8. The second-order valence-electron chi connectivity index (χ2n) is 11.0. The van der Waals surface area contributed by atoms with Crippen LogP contribution in [0.5, 0.6) is 0 Å². The third-order valence-electron chi connectivity index (χ3n) is 6.96. The molecule has 1 unspecified atom stereocenters. The molecule has 0 bridgehead atoms. The molecule has 4 heteroatoms. The molecular formula is C37H62O4. The molecule has 0 aromatic carbocycles. The summed E-state index contributed by atoms with van der Waals surface area (Å²) < 4.78 is 5.82. The van der Waals surface area contributed by atoms with Gasteiger partial charge < -0.3 is 9.84 Å². The number of esters is 1. The van der Waals surface area contributed by atoms with Gasteiger partial charge >= 0.3 is 11.9 Å². The van der Waals surface area contributed by atoms with Crippen LogP contribution in [0.4, 0.5) is 0 Å². The van der Waals surface area contributed by atoms with Crippen molar-refractivity contribution in [2.75, 3.05) is 0 Å². The van der Waals surface area contributed by atoms with Crippen molar-refractivity contribution in [1.82, 2.24) is 0 Å². The second kappa shape index (κ2) is 32.2. The molecule has 0 aromatic heterocycles. The zero-order valence-electron chi connectivity index (χ0n) is 26.6. The van der Waals surface area contributed by atoms with Gasteiger partial charge in [0.1, 0.15) is 6.10 Å². The lowest BCUT2D eigenvalue weighted by molar-refractivity contribution is -0.147. The van der Waals surface area contributed by atoms with Gasteiger partial charge in [-0.3, -0.25) is 9.59 Å². The van der Waals surface area contributed by atoms with Crippen molar-refractivity contribution in [3.63, 3.8) is 0 Å². The summed E-state index contributed by atoms with van der Waals surface area (Å²) in [6.45, 7) is 4.38. The minimum atomic E-state index is -0.728. The van der Waals surface area contributed by atoms with E-state index in [1.807, 2.05) is 0 Å². The van der Waals surface area contributed by atoms with Crippen LogP contribution in [0.2, 0.25) is 0 Å². The maximum atomic E-state index is 12.5. The number of allylic oxidation sites excluding steroid dienone is 9. The first kappa shape index (κ1) is 38.6. The van der Waals surface area contributed by atoms with E-state index in [1.165, 1.54) is 32.1 Å². The minimum Gasteiger partial charge on any atom is -0.481 e. The summed E-state index contributed by atoms with van der Waals surface area (Å²) in [6, 6.07) is 0. The highest BCUT2D eigenvalue weighted by Gasteiger charge is 2.11. The Bertz CT molecular complexity index is 744. The van der Waals surface area contributed by atoms with E-state index in [4.69, 9.17) is 9.84 Å². The van der Waals surface area contributed by atoms with Gasteiger partial charge in [-0.15, -0.1) is 0 Å². The molecule has 0 saturated carbocycles. The zero-order chi connectivity index (χ0) is 30.1. The Morgan fingerprint density at radius 2 is 1.10 bits per heavy atom. The number of carboxylic acids is 1. The molecule has 0 aromatic rings. The van der Waals surface area contributed by atoms with Crippen molar-refractivity contribution in [3.8, 4) is 0 Å². The van der Waals surface area contributed by atoms with Crippen LogP contribution in [0, 0.1) is 0 Å². The average molecular weight is 571 g/mol. The number of aliphatic carboxylic acids is 1. The van der Waals surface area contributed by atoms with Crippen LogP contribution >= 0.6 is 0 Å². The lowest BCUT2D eigenvalue weighted by Gasteiger charge is -2.15. The molecule has 0 rings (SSSR count). The van der Waals surface area contributed by atoms with E-state index < -0.39 is 5.97 Å². The summed E-state index contributed by atoms with van der Waals surface area (Å²) in [6.07, 6.45) is 43.8. The molecule has 0 spiro atoms. The molecule has 234 valence electrons. The van der Waals surface area contributed by atoms with Crippen molar-refractivity contribution in [2.24, 2.45) is 0 Å². The predicted molar refractivity (Wildman–Crippen MR) is 176 cm³/mol. The van der Waals surface area contributed by atoms with Gasteiger partial charge in [-0.05, 0) is 83.1 Å². The summed E-state index contributed by atoms with van der Waals surface area (Å²) in [5.41, 5.74) is 0. The van der Waals surface area contributed by atoms with E-state index in [-0.39, 0.29) is 18.5 Å². The van der Waals surface area contributed by atoms with E-state index >= 15 is 0 Å². The van der Waals surface area contributed by atoms with Crippen molar-refractivity contribution in [2.45, 2.75) is 161 Å². The number of carbonyl (C=O) groups is 2. The Kier molecular flexibility index (Phi) is 30.3. The molecule has 0 aliphatic carbocycles. The third-order valence-corrected chi connectivity index (χ3v) is 6.96. The Hall–Kier alpha value is -2.36. The number of ether oxygens (including phenoxy) is 1. The van der Waals surface area contributed by atoms with E-state index in [2.05, 4.69) is 74.6 Å². The maximum Gasteiger partial charge on any atom is 0.306 e. The zero-order valence-corrected chi connectivity index (χ0v) is 26.6. The highest BCUT2D eigenvalue weighted by molar-refractivity contribution is 5.69. The van der Waals surface area contributed by atoms with E-state index in [0.29, 0.717) is 6.42 Å². The Morgan fingerprint density at radius 1 is 0.585 bits per heavy atom. The van der Waals surface area contributed by atoms with Gasteiger partial charge in [0, 0.05) is 12.8 Å². The third kappa shape index (κ3) is 32.0. The SMILES string of the molecule is CC/C=C\C/C=C\C/C=C\C/C=C\CCCCCCC(=O)OC(/C=C\CCCCCCC)CCCCCCC(=O)O. The fourth-order valence-corrected chi connectivity index (χ4v) is 4.49. The highest BCUT2D eigenvalue weighted by atomic mass is 16.5. The molecule has 0 amide bonds. The topological polar surface area (TPSA) is 63.6 Å². The van der Waals surface area contributed by atoms with Gasteiger partial charge in [0.05, 0.1) is 0 Å². The summed E-state index contributed by atoms with van der Waals surface area (Å²) in [5.74, 6) is -0.819. The molecule has 41 heavy (non-hydrogen) atoms. The molecule has 0 aliphatic rings. The average Bonchev–Trinajstić information content (AvgIpc) is 2.95. The molecule has 0 fully saturated rings. The number of unbranched alkanes of at least 4 members (excludes halogenated alkanes) is 12. The van der Waals surface area contributed by atoms with Gasteiger partial charge in [0.25, 0.3) is 0 Å². The normalized spacial score (nSPS) is 13.0. The number of hydrogen-bond donors (Lipinski definition) is 1. The van der Waals surface area contributed by atoms with Gasteiger partial charge in [-0.1, -0.05) is 120 Å². The summed E-state index contributed by atoms with van der Waals surface area (Å²) in [4.78, 5) is 23.2. The standard InChI is InChI=1S/C37H62O4/c1-3-5-7-9-11-12-13-14-15-16-17-18-19-20-22-24-30-34-37(40)41-35(31-27-23-21-10-8-6-4-2)32-28-25-26-29-33-36(38)39/h5,7,11-12,14-15,17-18,27,31,35H,3-4,6,8-10,13,16,19-26,28-30,32-34H2,1-2H3,(H,38,39)/b7-5-,12-11-,15-14-,18-17-,31-27-. The lowest BCUT2D eigenvalue weighted by atomic mass is 10.1. The summed E-state index contributed by atoms with van der Waals surface area (Å²) >= 11 is 0. The monoisotopic (exact) mass is 570 g/mol. The first-order valence-corrected chi connectivity index (χ1v) is 16.8. The predicted octanol–water partition coefficient (Wildman–Crippen LogP) is 11.4. The number of hydrogen-bond acceptors (Lipinski definition) is 3. The van der Waals surface area contributed by atoms with Crippen LogP contribution in [0.3, 0.4) is 0 Å². The number of carboxylic acid groups (broad SMARTS) is 1. The lowest BCUT2D eigenvalue weighted by Crippen LogP contribution is -2.16. The van der Waals surface area contributed by atoms with Crippen LogP contribution in [0.1, 0.15) is 155 Å². The molecule has 1 N–H and O–H groups in total. The summed E-state index contributed by atoms with van der Waals surface area (Å²) in [7, 11) is 0. The second-order valence-corrected chi connectivity index (χ2v) is 11.0. The van der Waals surface area contributed by atoms with Crippen molar-refractivity contribution in [3.05, 3.63) is 60.8 Å². The van der Waals surface area contributed by atoms with Crippen LogP contribution in [0.25, 0.3) is 0 Å². The van der Waals surface area contributed by atoms with E-state index in [0.717, 1.165) is 96.3 Å². The van der Waals surface area contributed by atoms with Crippen molar-refractivity contribution >= 4 is 11.9 Å². The Labute approximate surface area is 253 Å². The Balaban J connectivity index is 4.06. The first-order chi connectivity index (χ1) is 20.1. The van der Waals surface area contributed by atoms with Gasteiger partial charge in [-0.2, -0.15) is 0 Å². The number of carbonyl (C=O) groups excluding carboxylic acids is 1. The van der Waals surface area contributed by atoms with Gasteiger partial charge in [0.15, 0.2) is 0 Å². The Morgan fingerprint density at radius 3 is 1.71 bits per heavy atom. The molecule has 0 radical (unpaired) electrons. The molecule has 0 heterocycles. The largest absolute Gasteiger partial charge is 0.481 e.